The van der Waals surface area contributed by atoms with Crippen molar-refractivity contribution in [1.29, 1.82) is 0 Å². The molecule has 0 bridgehead atoms. The zero-order valence-electron chi connectivity index (χ0n) is 8.68. The first kappa shape index (κ1) is 11.3. The molecule has 0 fully saturated rings. The van der Waals surface area contributed by atoms with Gasteiger partial charge in [-0.05, 0) is 18.2 Å². The van der Waals surface area contributed by atoms with Crippen LogP contribution in [0.1, 0.15) is 0 Å². The van der Waals surface area contributed by atoms with Gasteiger partial charge in [-0.3, -0.25) is 9.78 Å². The number of H-pyrrole nitrogens is 2. The number of nitrogens with zero attached hydrogens (tertiary/aromatic N) is 2. The molecule has 0 aliphatic rings. The molecule has 0 saturated heterocycles. The molecule has 0 aliphatic heterocycles. The number of aromatic nitrogens is 4. The fraction of sp³-hybridized carbons (Fsp3) is 0. The topological polar surface area (TPSA) is 74.4 Å². The van der Waals surface area contributed by atoms with E-state index in [1.165, 1.54) is 0 Å². The lowest BCUT2D eigenvalue weighted by atomic mass is 10.2. The minimum atomic E-state index is -0.141. The van der Waals surface area contributed by atoms with Gasteiger partial charge in [0.25, 0.3) is 5.56 Å². The van der Waals surface area contributed by atoms with Crippen molar-refractivity contribution < 1.29 is 0 Å². The van der Waals surface area contributed by atoms with Gasteiger partial charge in [0.15, 0.2) is 0 Å². The Kier molecular flexibility index (Phi) is 2.93. The van der Waals surface area contributed by atoms with E-state index < -0.39 is 0 Å². The van der Waals surface area contributed by atoms with Crippen LogP contribution in [-0.2, 0) is 0 Å². The Morgan fingerprint density at radius 2 is 1.88 bits per heavy atom. The molecular formula is C11H9ClN4O. The van der Waals surface area contributed by atoms with Gasteiger partial charge in [0.05, 0.1) is 5.39 Å². The standard InChI is InChI=1S/C11H8N4O.ClH/c16-11-8-3-6-13-10(8)14-9(15-11)7-1-4-12-5-2-7;/h1-6H,(H2,13,14,15,16);1H. The molecular weight excluding hydrogens is 240 g/mol. The summed E-state index contributed by atoms with van der Waals surface area (Å²) in [4.78, 5) is 25.6. The molecule has 86 valence electrons. The average Bonchev–Trinajstić information content (AvgIpc) is 2.79. The fourth-order valence-corrected chi connectivity index (χ4v) is 1.60. The van der Waals surface area contributed by atoms with Gasteiger partial charge in [-0.2, -0.15) is 0 Å². The zero-order chi connectivity index (χ0) is 11.0. The number of halogens is 1. The molecule has 3 aromatic rings. The highest BCUT2D eigenvalue weighted by atomic mass is 35.5. The minimum absolute atomic E-state index is 0. The maximum Gasteiger partial charge on any atom is 0.260 e. The quantitative estimate of drug-likeness (QED) is 0.689. The summed E-state index contributed by atoms with van der Waals surface area (Å²) in [6.45, 7) is 0. The van der Waals surface area contributed by atoms with Crippen molar-refractivity contribution in [2.45, 2.75) is 0 Å². The van der Waals surface area contributed by atoms with Crippen LogP contribution in [0.15, 0.2) is 41.6 Å². The van der Waals surface area contributed by atoms with E-state index in [-0.39, 0.29) is 18.0 Å². The van der Waals surface area contributed by atoms with Crippen LogP contribution in [0.2, 0.25) is 0 Å². The molecule has 2 N–H and O–H groups in total. The molecule has 0 amide bonds. The fourth-order valence-electron chi connectivity index (χ4n) is 1.60. The second kappa shape index (κ2) is 4.39. The first-order chi connectivity index (χ1) is 7.84. The monoisotopic (exact) mass is 248 g/mol. The second-order valence-electron chi connectivity index (χ2n) is 3.39. The van der Waals surface area contributed by atoms with E-state index >= 15 is 0 Å². The van der Waals surface area contributed by atoms with Gasteiger partial charge in [0.1, 0.15) is 11.5 Å². The summed E-state index contributed by atoms with van der Waals surface area (Å²) in [5.41, 5.74) is 1.29. The average molecular weight is 249 g/mol. The highest BCUT2D eigenvalue weighted by molar-refractivity contribution is 5.85. The number of pyridine rings is 1. The van der Waals surface area contributed by atoms with Gasteiger partial charge < -0.3 is 9.97 Å². The number of hydrogen-bond acceptors (Lipinski definition) is 3. The van der Waals surface area contributed by atoms with Crippen molar-refractivity contribution in [3.8, 4) is 11.4 Å². The van der Waals surface area contributed by atoms with Crippen LogP contribution in [-0.4, -0.2) is 19.9 Å². The van der Waals surface area contributed by atoms with Crippen LogP contribution in [0.5, 0.6) is 0 Å². The van der Waals surface area contributed by atoms with Gasteiger partial charge >= 0.3 is 0 Å². The summed E-state index contributed by atoms with van der Waals surface area (Å²) in [5, 5.41) is 0.567. The van der Waals surface area contributed by atoms with E-state index in [4.69, 9.17) is 0 Å². The maximum atomic E-state index is 11.7. The second-order valence-corrected chi connectivity index (χ2v) is 3.39. The van der Waals surface area contributed by atoms with E-state index in [1.54, 1.807) is 36.8 Å². The SMILES string of the molecule is Cl.O=c1[nH]c(-c2ccncc2)nc2[nH]ccc12. The van der Waals surface area contributed by atoms with E-state index in [1.807, 2.05) is 0 Å². The van der Waals surface area contributed by atoms with Crippen LogP contribution in [0.4, 0.5) is 0 Å². The molecule has 3 aromatic heterocycles. The molecule has 0 aromatic carbocycles. The minimum Gasteiger partial charge on any atom is -0.346 e. The molecule has 0 saturated carbocycles. The Balaban J connectivity index is 0.00000108. The van der Waals surface area contributed by atoms with Gasteiger partial charge in [0.2, 0.25) is 0 Å². The third kappa shape index (κ3) is 1.92. The number of aromatic amines is 2. The Morgan fingerprint density at radius 3 is 2.65 bits per heavy atom. The van der Waals surface area contributed by atoms with E-state index in [0.29, 0.717) is 16.9 Å². The molecule has 6 heteroatoms. The Labute approximate surface area is 102 Å². The largest absolute Gasteiger partial charge is 0.346 e. The lowest BCUT2D eigenvalue weighted by molar-refractivity contribution is 1.16. The van der Waals surface area contributed by atoms with Crippen molar-refractivity contribution in [2.75, 3.05) is 0 Å². The summed E-state index contributed by atoms with van der Waals surface area (Å²) < 4.78 is 0. The first-order valence-corrected chi connectivity index (χ1v) is 4.82. The number of fused-ring (bicyclic) bond motifs is 1. The Hall–Kier alpha value is -2.14. The predicted molar refractivity (Wildman–Crippen MR) is 67.2 cm³/mol. The number of nitrogens with one attached hydrogen (secondary N) is 2. The lowest BCUT2D eigenvalue weighted by Crippen LogP contribution is -2.08. The third-order valence-electron chi connectivity index (χ3n) is 2.38. The molecule has 3 heterocycles. The highest BCUT2D eigenvalue weighted by Crippen LogP contribution is 2.13. The summed E-state index contributed by atoms with van der Waals surface area (Å²) in [7, 11) is 0. The number of hydrogen-bond donors (Lipinski definition) is 2. The summed E-state index contributed by atoms with van der Waals surface area (Å²) in [6, 6.07) is 5.30. The van der Waals surface area contributed by atoms with Crippen molar-refractivity contribution in [3.05, 3.63) is 47.1 Å². The highest BCUT2D eigenvalue weighted by Gasteiger charge is 2.05. The van der Waals surface area contributed by atoms with Gasteiger partial charge in [-0.15, -0.1) is 12.4 Å². The van der Waals surface area contributed by atoms with Crippen LogP contribution >= 0.6 is 12.4 Å². The van der Waals surface area contributed by atoms with Crippen LogP contribution < -0.4 is 5.56 Å². The molecule has 5 nitrogen and oxygen atoms in total. The van der Waals surface area contributed by atoms with E-state index in [2.05, 4.69) is 19.9 Å². The predicted octanol–water partition coefficient (Wildman–Crippen LogP) is 1.73. The van der Waals surface area contributed by atoms with Gasteiger partial charge in [0, 0.05) is 24.2 Å². The molecule has 0 spiro atoms. The molecule has 3 rings (SSSR count). The van der Waals surface area contributed by atoms with E-state index in [0.717, 1.165) is 5.56 Å². The molecule has 0 atom stereocenters. The maximum absolute atomic E-state index is 11.7. The van der Waals surface area contributed by atoms with Crippen LogP contribution in [0.3, 0.4) is 0 Å². The van der Waals surface area contributed by atoms with Crippen LogP contribution in [0.25, 0.3) is 22.4 Å². The summed E-state index contributed by atoms with van der Waals surface area (Å²) in [5.74, 6) is 0.544. The zero-order valence-corrected chi connectivity index (χ0v) is 9.49. The molecule has 0 unspecified atom stereocenters. The van der Waals surface area contributed by atoms with Gasteiger partial charge in [-0.1, -0.05) is 0 Å². The van der Waals surface area contributed by atoms with Crippen LogP contribution in [0, 0.1) is 0 Å². The first-order valence-electron chi connectivity index (χ1n) is 4.82. The van der Waals surface area contributed by atoms with Crippen molar-refractivity contribution in [1.82, 2.24) is 19.9 Å². The Morgan fingerprint density at radius 1 is 1.12 bits per heavy atom. The van der Waals surface area contributed by atoms with Crippen molar-refractivity contribution in [3.63, 3.8) is 0 Å². The van der Waals surface area contributed by atoms with Crippen molar-refractivity contribution in [2.24, 2.45) is 0 Å². The Bertz CT molecular complexity index is 689. The lowest BCUT2D eigenvalue weighted by Gasteiger charge is -1.99. The van der Waals surface area contributed by atoms with E-state index in [9.17, 15) is 4.79 Å². The third-order valence-corrected chi connectivity index (χ3v) is 2.38. The van der Waals surface area contributed by atoms with Gasteiger partial charge in [-0.25, -0.2) is 4.98 Å². The molecule has 0 aliphatic carbocycles. The molecule has 17 heavy (non-hydrogen) atoms. The summed E-state index contributed by atoms with van der Waals surface area (Å²) >= 11 is 0. The normalized spacial score (nSPS) is 10.1. The number of rotatable bonds is 1. The summed E-state index contributed by atoms with van der Waals surface area (Å²) in [6.07, 6.45) is 5.02. The molecule has 0 radical (unpaired) electrons. The smallest absolute Gasteiger partial charge is 0.260 e. The van der Waals surface area contributed by atoms with Crippen molar-refractivity contribution >= 4 is 23.4 Å².